The fraction of sp³-hybridized carbons (Fsp3) is 0.321. The monoisotopic (exact) mass is 518 g/mol. The number of nitrogens with one attached hydrogen (secondary N) is 1. The average Bonchev–Trinajstić information content (AvgIpc) is 2.85. The summed E-state index contributed by atoms with van der Waals surface area (Å²) < 4.78 is 53.0. The molecule has 1 aliphatic heterocycles. The fourth-order valence-corrected chi connectivity index (χ4v) is 4.93. The normalized spacial score (nSPS) is 18.7. The molecule has 0 aromatic heterocycles. The third-order valence-electron chi connectivity index (χ3n) is 6.62. The van der Waals surface area contributed by atoms with E-state index >= 15 is 0 Å². The van der Waals surface area contributed by atoms with Crippen molar-refractivity contribution in [1.82, 2.24) is 10.2 Å². The standard InChI is InChI=1S/C28H27ClF4N2O/c1-18-11-20(9-10-26(18)30)22-13-23(17-35(16-22)15-21-6-2-3-8-25(21)29)27(36)34-14-19-5-4-7-24(12-19)28(31,32)33/h2-12,22-23H,13-17H2,1H3,(H,34,36)/t22-,23-/m1/s1. The predicted molar refractivity (Wildman–Crippen MR) is 132 cm³/mol. The van der Waals surface area contributed by atoms with E-state index in [0.717, 1.165) is 23.3 Å². The molecule has 1 N–H and O–H groups in total. The van der Waals surface area contributed by atoms with Crippen LogP contribution in [-0.2, 0) is 24.1 Å². The smallest absolute Gasteiger partial charge is 0.352 e. The molecule has 3 aromatic carbocycles. The van der Waals surface area contributed by atoms with Gasteiger partial charge in [0.25, 0.3) is 0 Å². The van der Waals surface area contributed by atoms with Crippen LogP contribution >= 0.6 is 11.6 Å². The van der Waals surface area contributed by atoms with Crippen molar-refractivity contribution in [2.75, 3.05) is 13.1 Å². The lowest BCUT2D eigenvalue weighted by molar-refractivity contribution is -0.137. The molecule has 1 saturated heterocycles. The predicted octanol–water partition coefficient (Wildman–Crippen LogP) is 6.73. The zero-order chi connectivity index (χ0) is 25.9. The van der Waals surface area contributed by atoms with Gasteiger partial charge in [-0.15, -0.1) is 0 Å². The van der Waals surface area contributed by atoms with Gasteiger partial charge < -0.3 is 5.32 Å². The zero-order valence-corrected chi connectivity index (χ0v) is 20.5. The minimum Gasteiger partial charge on any atom is -0.352 e. The van der Waals surface area contributed by atoms with Gasteiger partial charge in [0.2, 0.25) is 5.91 Å². The van der Waals surface area contributed by atoms with E-state index in [1.807, 2.05) is 30.3 Å². The van der Waals surface area contributed by atoms with Crippen molar-refractivity contribution in [3.8, 4) is 0 Å². The van der Waals surface area contributed by atoms with Crippen molar-refractivity contribution in [3.05, 3.63) is 105 Å². The number of likely N-dealkylation sites (tertiary alicyclic amines) is 1. The SMILES string of the molecule is Cc1cc([C@@H]2C[C@@H](C(=O)NCc3cccc(C(F)(F)F)c3)CN(Cc3ccccc3Cl)C2)ccc1F. The number of hydrogen-bond donors (Lipinski definition) is 1. The van der Waals surface area contributed by atoms with Crippen LogP contribution in [0.15, 0.2) is 66.7 Å². The van der Waals surface area contributed by atoms with Crippen LogP contribution in [0.25, 0.3) is 0 Å². The number of aryl methyl sites for hydroxylation is 1. The van der Waals surface area contributed by atoms with Crippen molar-refractivity contribution in [1.29, 1.82) is 0 Å². The Hall–Kier alpha value is -2.90. The van der Waals surface area contributed by atoms with E-state index in [9.17, 15) is 22.4 Å². The number of halogens is 5. The average molecular weight is 519 g/mol. The van der Waals surface area contributed by atoms with Gasteiger partial charge in [0.05, 0.1) is 11.5 Å². The third-order valence-corrected chi connectivity index (χ3v) is 6.99. The summed E-state index contributed by atoms with van der Waals surface area (Å²) in [7, 11) is 0. The van der Waals surface area contributed by atoms with E-state index in [0.29, 0.717) is 42.2 Å². The van der Waals surface area contributed by atoms with Crippen molar-refractivity contribution in [2.45, 2.75) is 38.5 Å². The highest BCUT2D eigenvalue weighted by atomic mass is 35.5. The molecule has 1 amide bonds. The Morgan fingerprint density at radius 2 is 1.83 bits per heavy atom. The molecule has 0 spiro atoms. The minimum atomic E-state index is -4.44. The molecule has 0 radical (unpaired) electrons. The lowest BCUT2D eigenvalue weighted by atomic mass is 9.83. The second-order valence-corrected chi connectivity index (χ2v) is 9.75. The summed E-state index contributed by atoms with van der Waals surface area (Å²) in [6, 6.07) is 17.5. The summed E-state index contributed by atoms with van der Waals surface area (Å²) in [5.74, 6) is -0.898. The molecular formula is C28H27ClF4N2O. The highest BCUT2D eigenvalue weighted by Crippen LogP contribution is 2.33. The second-order valence-electron chi connectivity index (χ2n) is 9.34. The summed E-state index contributed by atoms with van der Waals surface area (Å²) in [5.41, 5.74) is 2.07. The molecule has 0 aliphatic carbocycles. The first-order valence-electron chi connectivity index (χ1n) is 11.8. The highest BCUT2D eigenvalue weighted by Gasteiger charge is 2.33. The molecule has 0 unspecified atom stereocenters. The van der Waals surface area contributed by atoms with E-state index in [4.69, 9.17) is 11.6 Å². The number of amides is 1. The summed E-state index contributed by atoms with van der Waals surface area (Å²) >= 11 is 6.37. The Labute approximate surface area is 213 Å². The van der Waals surface area contributed by atoms with E-state index < -0.39 is 11.7 Å². The molecule has 0 saturated carbocycles. The minimum absolute atomic E-state index is 0.00406. The van der Waals surface area contributed by atoms with E-state index in [1.54, 1.807) is 19.1 Å². The van der Waals surface area contributed by atoms with Crippen molar-refractivity contribution < 1.29 is 22.4 Å². The molecule has 8 heteroatoms. The van der Waals surface area contributed by atoms with Crippen LogP contribution in [0, 0.1) is 18.7 Å². The molecule has 1 fully saturated rings. The quantitative estimate of drug-likeness (QED) is 0.367. The lowest BCUT2D eigenvalue weighted by Gasteiger charge is -2.37. The van der Waals surface area contributed by atoms with Crippen LogP contribution in [0.4, 0.5) is 17.6 Å². The topological polar surface area (TPSA) is 32.3 Å². The van der Waals surface area contributed by atoms with Crippen molar-refractivity contribution in [2.24, 2.45) is 5.92 Å². The summed E-state index contributed by atoms with van der Waals surface area (Å²) in [6.07, 6.45) is -3.89. The number of carbonyl (C=O) groups excluding carboxylic acids is 1. The maximum absolute atomic E-state index is 13.9. The summed E-state index contributed by atoms with van der Waals surface area (Å²) in [6.45, 7) is 3.42. The Morgan fingerprint density at radius 3 is 2.56 bits per heavy atom. The Morgan fingerprint density at radius 1 is 1.06 bits per heavy atom. The van der Waals surface area contributed by atoms with Crippen LogP contribution in [0.1, 0.15) is 40.2 Å². The number of benzene rings is 3. The molecule has 3 nitrogen and oxygen atoms in total. The molecule has 4 rings (SSSR count). The van der Waals surface area contributed by atoms with Gasteiger partial charge in [-0.05, 0) is 65.8 Å². The van der Waals surface area contributed by atoms with Gasteiger partial charge in [0, 0.05) is 31.2 Å². The van der Waals surface area contributed by atoms with Gasteiger partial charge in [-0.1, -0.05) is 54.1 Å². The molecule has 36 heavy (non-hydrogen) atoms. The molecule has 1 aliphatic rings. The van der Waals surface area contributed by atoms with Crippen LogP contribution in [0.5, 0.6) is 0 Å². The molecule has 0 bridgehead atoms. The largest absolute Gasteiger partial charge is 0.416 e. The van der Waals surface area contributed by atoms with E-state index in [2.05, 4.69) is 10.2 Å². The first kappa shape index (κ1) is 26.2. The Balaban J connectivity index is 1.51. The first-order valence-corrected chi connectivity index (χ1v) is 12.1. The number of hydrogen-bond acceptors (Lipinski definition) is 2. The van der Waals surface area contributed by atoms with Gasteiger partial charge in [-0.3, -0.25) is 9.69 Å². The first-order chi connectivity index (χ1) is 17.1. The van der Waals surface area contributed by atoms with Crippen LogP contribution in [-0.4, -0.2) is 23.9 Å². The molecule has 3 aromatic rings. The third kappa shape index (κ3) is 6.45. The molecular weight excluding hydrogens is 492 g/mol. The zero-order valence-electron chi connectivity index (χ0n) is 19.8. The van der Waals surface area contributed by atoms with Crippen molar-refractivity contribution >= 4 is 17.5 Å². The maximum Gasteiger partial charge on any atom is 0.416 e. The van der Waals surface area contributed by atoms with Crippen LogP contribution in [0.2, 0.25) is 5.02 Å². The number of carbonyl (C=O) groups is 1. The summed E-state index contributed by atoms with van der Waals surface area (Å²) in [5, 5.41) is 3.46. The fourth-order valence-electron chi connectivity index (χ4n) is 4.73. The van der Waals surface area contributed by atoms with E-state index in [1.165, 1.54) is 12.1 Å². The van der Waals surface area contributed by atoms with Gasteiger partial charge >= 0.3 is 6.18 Å². The van der Waals surface area contributed by atoms with Gasteiger partial charge in [0.1, 0.15) is 5.82 Å². The van der Waals surface area contributed by atoms with Crippen LogP contribution in [0.3, 0.4) is 0 Å². The Kier molecular flexibility index (Phi) is 8.00. The van der Waals surface area contributed by atoms with Gasteiger partial charge in [-0.25, -0.2) is 4.39 Å². The Bertz CT molecular complexity index is 1230. The molecule has 190 valence electrons. The van der Waals surface area contributed by atoms with Crippen LogP contribution < -0.4 is 5.32 Å². The number of piperidine rings is 1. The number of nitrogens with zero attached hydrogens (tertiary/aromatic N) is 1. The number of alkyl halides is 3. The molecule has 2 atom stereocenters. The highest BCUT2D eigenvalue weighted by molar-refractivity contribution is 6.31. The second kappa shape index (κ2) is 11.0. The van der Waals surface area contributed by atoms with E-state index in [-0.39, 0.29) is 30.1 Å². The van der Waals surface area contributed by atoms with Gasteiger partial charge in [0.15, 0.2) is 0 Å². The number of rotatable bonds is 6. The maximum atomic E-state index is 13.9. The molecule has 1 heterocycles. The lowest BCUT2D eigenvalue weighted by Crippen LogP contribution is -2.45. The van der Waals surface area contributed by atoms with Gasteiger partial charge in [-0.2, -0.15) is 13.2 Å². The summed E-state index contributed by atoms with van der Waals surface area (Å²) in [4.78, 5) is 15.3. The van der Waals surface area contributed by atoms with Crippen molar-refractivity contribution in [3.63, 3.8) is 0 Å².